The normalized spacial score (nSPS) is 11.7. The molecule has 0 bridgehead atoms. The third kappa shape index (κ3) is 5.09. The van der Waals surface area contributed by atoms with Crippen LogP contribution in [0.3, 0.4) is 0 Å². The second-order valence-corrected chi connectivity index (χ2v) is 5.05. The second kappa shape index (κ2) is 8.02. The minimum Gasteiger partial charge on any atom is -0.457 e. The number of hydrogen-bond acceptors (Lipinski definition) is 4. The zero-order valence-electron chi connectivity index (χ0n) is 12.5. The summed E-state index contributed by atoms with van der Waals surface area (Å²) in [5, 5.41) is 2.80. The first kappa shape index (κ1) is 15.8. The lowest BCUT2D eigenvalue weighted by atomic mass is 10.1. The van der Waals surface area contributed by atoms with E-state index in [1.807, 2.05) is 25.1 Å². The Labute approximate surface area is 129 Å². The van der Waals surface area contributed by atoms with Crippen molar-refractivity contribution in [1.29, 1.82) is 0 Å². The molecule has 1 aromatic carbocycles. The van der Waals surface area contributed by atoms with Crippen LogP contribution >= 0.6 is 0 Å². The van der Waals surface area contributed by atoms with E-state index in [9.17, 15) is 9.59 Å². The van der Waals surface area contributed by atoms with E-state index in [0.717, 1.165) is 12.8 Å². The number of furan rings is 1. The molecule has 0 spiro atoms. The Bertz CT molecular complexity index is 592. The number of ether oxygens (including phenoxy) is 1. The van der Waals surface area contributed by atoms with Crippen molar-refractivity contribution in [3.63, 3.8) is 0 Å². The van der Waals surface area contributed by atoms with Crippen molar-refractivity contribution in [3.05, 3.63) is 60.1 Å². The molecule has 0 saturated heterocycles. The molecule has 1 amide bonds. The fourth-order valence-electron chi connectivity index (χ4n) is 2.01. The topological polar surface area (TPSA) is 68.5 Å². The number of esters is 1. The van der Waals surface area contributed by atoms with E-state index in [2.05, 4.69) is 17.4 Å². The highest BCUT2D eigenvalue weighted by molar-refractivity contribution is 5.88. The first-order chi connectivity index (χ1) is 10.6. The predicted octanol–water partition coefficient (Wildman–Crippen LogP) is 2.57. The highest BCUT2D eigenvalue weighted by atomic mass is 16.5. The Morgan fingerprint density at radius 1 is 1.18 bits per heavy atom. The molecule has 5 heteroatoms. The van der Waals surface area contributed by atoms with Crippen LogP contribution in [0.25, 0.3) is 0 Å². The molecule has 0 aliphatic rings. The van der Waals surface area contributed by atoms with Gasteiger partial charge in [0, 0.05) is 6.04 Å². The van der Waals surface area contributed by atoms with Crippen LogP contribution in [-0.2, 0) is 16.0 Å². The van der Waals surface area contributed by atoms with Crippen LogP contribution in [0.1, 0.15) is 29.5 Å². The molecule has 2 aromatic rings. The number of hydrogen-bond donors (Lipinski definition) is 1. The van der Waals surface area contributed by atoms with Gasteiger partial charge >= 0.3 is 5.97 Å². The molecule has 0 aliphatic carbocycles. The average Bonchev–Trinajstić information content (AvgIpc) is 3.06. The maximum absolute atomic E-state index is 11.7. The molecule has 1 unspecified atom stereocenters. The Kier molecular flexibility index (Phi) is 5.77. The quantitative estimate of drug-likeness (QED) is 0.798. The van der Waals surface area contributed by atoms with Crippen LogP contribution in [0.2, 0.25) is 0 Å². The van der Waals surface area contributed by atoms with E-state index in [4.69, 9.17) is 9.15 Å². The molecule has 1 N–H and O–H groups in total. The molecule has 0 aliphatic heterocycles. The summed E-state index contributed by atoms with van der Waals surface area (Å²) in [6.07, 6.45) is 3.08. The van der Waals surface area contributed by atoms with Gasteiger partial charge in [0.25, 0.3) is 5.91 Å². The van der Waals surface area contributed by atoms with Crippen molar-refractivity contribution in [3.8, 4) is 0 Å². The van der Waals surface area contributed by atoms with Crippen molar-refractivity contribution in [2.75, 3.05) is 6.61 Å². The van der Waals surface area contributed by atoms with Gasteiger partial charge in [0.1, 0.15) is 0 Å². The predicted molar refractivity (Wildman–Crippen MR) is 81.4 cm³/mol. The number of rotatable bonds is 7. The van der Waals surface area contributed by atoms with E-state index >= 15 is 0 Å². The summed E-state index contributed by atoms with van der Waals surface area (Å²) in [7, 11) is 0. The van der Waals surface area contributed by atoms with Crippen LogP contribution in [0.4, 0.5) is 0 Å². The lowest BCUT2D eigenvalue weighted by molar-refractivity contribution is -0.124. The van der Waals surface area contributed by atoms with E-state index in [1.165, 1.54) is 17.9 Å². The average molecular weight is 301 g/mol. The first-order valence-corrected chi connectivity index (χ1v) is 7.19. The van der Waals surface area contributed by atoms with E-state index < -0.39 is 5.97 Å². The highest BCUT2D eigenvalue weighted by Gasteiger charge is 2.13. The highest BCUT2D eigenvalue weighted by Crippen LogP contribution is 2.05. The molecule has 0 saturated carbocycles. The second-order valence-electron chi connectivity index (χ2n) is 5.05. The van der Waals surface area contributed by atoms with E-state index in [1.54, 1.807) is 6.07 Å². The van der Waals surface area contributed by atoms with Crippen molar-refractivity contribution in [1.82, 2.24) is 5.32 Å². The summed E-state index contributed by atoms with van der Waals surface area (Å²) < 4.78 is 9.76. The van der Waals surface area contributed by atoms with Gasteiger partial charge in [0.05, 0.1) is 6.26 Å². The Morgan fingerprint density at radius 2 is 1.95 bits per heavy atom. The molecule has 0 fully saturated rings. The molecule has 1 heterocycles. The van der Waals surface area contributed by atoms with Gasteiger partial charge in [0.15, 0.2) is 6.61 Å². The minimum atomic E-state index is -0.642. The first-order valence-electron chi connectivity index (χ1n) is 7.19. The molecule has 2 rings (SSSR count). The summed E-state index contributed by atoms with van der Waals surface area (Å²) in [6.45, 7) is 1.62. The lowest BCUT2D eigenvalue weighted by Gasteiger charge is -2.13. The number of carbonyl (C=O) groups is 2. The van der Waals surface area contributed by atoms with Gasteiger partial charge in [-0.05, 0) is 37.5 Å². The molecule has 1 aromatic heterocycles. The van der Waals surface area contributed by atoms with Gasteiger partial charge in [-0.1, -0.05) is 30.3 Å². The van der Waals surface area contributed by atoms with E-state index in [0.29, 0.717) is 0 Å². The maximum Gasteiger partial charge on any atom is 0.374 e. The van der Waals surface area contributed by atoms with Crippen LogP contribution in [-0.4, -0.2) is 24.5 Å². The van der Waals surface area contributed by atoms with E-state index in [-0.39, 0.29) is 24.3 Å². The SMILES string of the molecule is CC(CCc1ccccc1)NC(=O)COC(=O)c1ccco1. The van der Waals surface area contributed by atoms with Gasteiger partial charge in [0.2, 0.25) is 5.76 Å². The zero-order valence-corrected chi connectivity index (χ0v) is 12.5. The van der Waals surface area contributed by atoms with Crippen LogP contribution < -0.4 is 5.32 Å². The van der Waals surface area contributed by atoms with Crippen LogP contribution in [0.15, 0.2) is 53.1 Å². The third-order valence-electron chi connectivity index (χ3n) is 3.17. The molecule has 116 valence electrons. The molecule has 22 heavy (non-hydrogen) atoms. The Morgan fingerprint density at radius 3 is 2.64 bits per heavy atom. The van der Waals surface area contributed by atoms with Crippen LogP contribution in [0, 0.1) is 0 Å². The Balaban J connectivity index is 1.67. The molecule has 1 atom stereocenters. The summed E-state index contributed by atoms with van der Waals surface area (Å²) in [4.78, 5) is 23.2. The summed E-state index contributed by atoms with van der Waals surface area (Å²) >= 11 is 0. The zero-order chi connectivity index (χ0) is 15.8. The van der Waals surface area contributed by atoms with Crippen molar-refractivity contribution in [2.24, 2.45) is 0 Å². The number of nitrogens with one attached hydrogen (secondary N) is 1. The van der Waals surface area contributed by atoms with Crippen molar-refractivity contribution >= 4 is 11.9 Å². The standard InChI is InChI=1S/C17H19NO4/c1-13(9-10-14-6-3-2-4-7-14)18-16(19)12-22-17(20)15-8-5-11-21-15/h2-8,11,13H,9-10,12H2,1H3,(H,18,19). The molecule has 5 nitrogen and oxygen atoms in total. The fraction of sp³-hybridized carbons (Fsp3) is 0.294. The fourth-order valence-corrected chi connectivity index (χ4v) is 2.01. The monoisotopic (exact) mass is 301 g/mol. The van der Waals surface area contributed by atoms with Gasteiger partial charge in [-0.15, -0.1) is 0 Å². The maximum atomic E-state index is 11.7. The Hall–Kier alpha value is -2.56. The largest absolute Gasteiger partial charge is 0.457 e. The smallest absolute Gasteiger partial charge is 0.374 e. The van der Waals surface area contributed by atoms with Gasteiger partial charge in [-0.2, -0.15) is 0 Å². The number of aryl methyl sites for hydroxylation is 1. The summed E-state index contributed by atoms with van der Waals surface area (Å²) in [5.41, 5.74) is 1.23. The third-order valence-corrected chi connectivity index (χ3v) is 3.17. The van der Waals surface area contributed by atoms with Gasteiger partial charge < -0.3 is 14.5 Å². The number of amides is 1. The minimum absolute atomic E-state index is 0.00928. The van der Waals surface area contributed by atoms with Crippen molar-refractivity contribution < 1.29 is 18.7 Å². The van der Waals surface area contributed by atoms with Gasteiger partial charge in [-0.3, -0.25) is 4.79 Å². The van der Waals surface area contributed by atoms with Gasteiger partial charge in [-0.25, -0.2) is 4.79 Å². The summed E-state index contributed by atoms with van der Waals surface area (Å²) in [6, 6.07) is 13.2. The number of carbonyl (C=O) groups excluding carboxylic acids is 2. The number of benzene rings is 1. The van der Waals surface area contributed by atoms with Crippen molar-refractivity contribution in [2.45, 2.75) is 25.8 Å². The molecular weight excluding hydrogens is 282 g/mol. The van der Waals surface area contributed by atoms with Crippen LogP contribution in [0.5, 0.6) is 0 Å². The molecule has 0 radical (unpaired) electrons. The summed E-state index contributed by atoms with van der Waals surface area (Å²) in [5.74, 6) is -0.873. The lowest BCUT2D eigenvalue weighted by Crippen LogP contribution is -2.36. The molecular formula is C17H19NO4.